The summed E-state index contributed by atoms with van der Waals surface area (Å²) in [4.78, 5) is 22.8. The van der Waals surface area contributed by atoms with E-state index in [1.54, 1.807) is 24.3 Å². The van der Waals surface area contributed by atoms with E-state index in [-0.39, 0.29) is 11.6 Å². The van der Waals surface area contributed by atoms with Crippen LogP contribution in [0.2, 0.25) is 0 Å². The van der Waals surface area contributed by atoms with Gasteiger partial charge in [0.05, 0.1) is 0 Å². The number of para-hydroxylation sites is 1. The summed E-state index contributed by atoms with van der Waals surface area (Å²) < 4.78 is 11.0. The molecule has 0 radical (unpaired) electrons. The number of fused-ring (bicyclic) bond motifs is 1. The van der Waals surface area contributed by atoms with Crippen molar-refractivity contribution in [1.82, 2.24) is 9.97 Å². The van der Waals surface area contributed by atoms with Crippen LogP contribution in [0.5, 0.6) is 11.5 Å². The molecule has 1 aromatic heterocycles. The molecule has 1 N–H and O–H groups in total. The molecule has 1 aliphatic heterocycles. The summed E-state index contributed by atoms with van der Waals surface area (Å²) in [7, 11) is 1.89. The van der Waals surface area contributed by atoms with Crippen LogP contribution in [-0.2, 0) is 0 Å². The summed E-state index contributed by atoms with van der Waals surface area (Å²) in [6.45, 7) is 1.02. The quantitative estimate of drug-likeness (QED) is 0.768. The molecule has 1 amide bonds. The van der Waals surface area contributed by atoms with Crippen LogP contribution in [-0.4, -0.2) is 36.1 Å². The Morgan fingerprint density at radius 2 is 1.78 bits per heavy atom. The smallest absolute Gasteiger partial charge is 0.274 e. The van der Waals surface area contributed by atoms with E-state index in [4.69, 9.17) is 9.47 Å². The van der Waals surface area contributed by atoms with Gasteiger partial charge in [-0.1, -0.05) is 18.2 Å². The zero-order valence-electron chi connectivity index (χ0n) is 14.8. The standard InChI is InChI=1S/C20H18N4O3/c1-24(15-5-3-2-4-6-15)19-12-16(21-13-22-19)20(25)23-14-7-8-17-18(11-14)27-10-9-26-17/h2-8,11-13H,9-10H2,1H3,(H,23,25). The summed E-state index contributed by atoms with van der Waals surface area (Å²) >= 11 is 0. The normalized spacial score (nSPS) is 12.3. The highest BCUT2D eigenvalue weighted by Crippen LogP contribution is 2.32. The fraction of sp³-hybridized carbons (Fsp3) is 0.150. The predicted octanol–water partition coefficient (Wildman–Crippen LogP) is 3.27. The van der Waals surface area contributed by atoms with Gasteiger partial charge in [0.25, 0.3) is 5.91 Å². The maximum absolute atomic E-state index is 12.6. The SMILES string of the molecule is CN(c1ccccc1)c1cc(C(=O)Nc2ccc3c(c2)OCCO3)ncn1. The molecule has 0 bridgehead atoms. The molecule has 0 saturated carbocycles. The Labute approximate surface area is 156 Å². The second-order valence-electron chi connectivity index (χ2n) is 5.97. The number of ether oxygens (including phenoxy) is 2. The van der Waals surface area contributed by atoms with Crippen molar-refractivity contribution in [3.8, 4) is 11.5 Å². The third-order valence-corrected chi connectivity index (χ3v) is 4.17. The van der Waals surface area contributed by atoms with Crippen LogP contribution >= 0.6 is 0 Å². The first-order chi connectivity index (χ1) is 13.2. The van der Waals surface area contributed by atoms with Crippen LogP contribution in [0, 0.1) is 0 Å². The maximum atomic E-state index is 12.6. The second kappa shape index (κ2) is 7.33. The fourth-order valence-electron chi connectivity index (χ4n) is 2.75. The lowest BCUT2D eigenvalue weighted by Gasteiger charge is -2.19. The molecule has 0 atom stereocenters. The molecule has 0 saturated heterocycles. The maximum Gasteiger partial charge on any atom is 0.274 e. The first-order valence-electron chi connectivity index (χ1n) is 8.52. The summed E-state index contributed by atoms with van der Waals surface area (Å²) in [6, 6.07) is 16.7. The molecule has 1 aliphatic rings. The van der Waals surface area contributed by atoms with Gasteiger partial charge in [-0.25, -0.2) is 9.97 Å². The first kappa shape index (κ1) is 16.8. The number of anilines is 3. The average molecular weight is 362 g/mol. The first-order valence-corrected chi connectivity index (χ1v) is 8.52. The van der Waals surface area contributed by atoms with E-state index in [9.17, 15) is 4.79 Å². The minimum atomic E-state index is -0.322. The van der Waals surface area contributed by atoms with Crippen molar-refractivity contribution in [2.45, 2.75) is 0 Å². The van der Waals surface area contributed by atoms with Gasteiger partial charge in [-0.3, -0.25) is 4.79 Å². The number of carbonyl (C=O) groups is 1. The molecule has 0 aliphatic carbocycles. The second-order valence-corrected chi connectivity index (χ2v) is 5.97. The minimum Gasteiger partial charge on any atom is -0.486 e. The monoisotopic (exact) mass is 362 g/mol. The zero-order chi connectivity index (χ0) is 18.6. The highest BCUT2D eigenvalue weighted by molar-refractivity contribution is 6.03. The molecular formula is C20H18N4O3. The van der Waals surface area contributed by atoms with Gasteiger partial charge < -0.3 is 19.7 Å². The molecule has 0 spiro atoms. The van der Waals surface area contributed by atoms with Gasteiger partial charge in [-0.05, 0) is 24.3 Å². The van der Waals surface area contributed by atoms with E-state index < -0.39 is 0 Å². The van der Waals surface area contributed by atoms with E-state index in [0.717, 1.165) is 5.69 Å². The van der Waals surface area contributed by atoms with Crippen molar-refractivity contribution in [2.75, 3.05) is 30.5 Å². The number of rotatable bonds is 4. The summed E-state index contributed by atoms with van der Waals surface area (Å²) in [5.74, 6) is 1.60. The van der Waals surface area contributed by atoms with Crippen molar-refractivity contribution >= 4 is 23.1 Å². The van der Waals surface area contributed by atoms with Crippen molar-refractivity contribution in [3.63, 3.8) is 0 Å². The number of hydrogen-bond donors (Lipinski definition) is 1. The van der Waals surface area contributed by atoms with Gasteiger partial charge in [0.1, 0.15) is 31.1 Å². The van der Waals surface area contributed by atoms with Gasteiger partial charge in [0, 0.05) is 30.6 Å². The number of amides is 1. The number of hydrogen-bond acceptors (Lipinski definition) is 6. The minimum absolute atomic E-state index is 0.276. The lowest BCUT2D eigenvalue weighted by molar-refractivity contribution is 0.102. The van der Waals surface area contributed by atoms with Crippen LogP contribution in [0.4, 0.5) is 17.2 Å². The molecular weight excluding hydrogens is 344 g/mol. The van der Waals surface area contributed by atoms with Crippen molar-refractivity contribution < 1.29 is 14.3 Å². The van der Waals surface area contributed by atoms with Crippen LogP contribution in [0.25, 0.3) is 0 Å². The van der Waals surface area contributed by atoms with Gasteiger partial charge in [0.15, 0.2) is 11.5 Å². The van der Waals surface area contributed by atoms with E-state index >= 15 is 0 Å². The molecule has 4 rings (SSSR count). The Balaban J connectivity index is 1.52. The van der Waals surface area contributed by atoms with Crippen LogP contribution in [0.3, 0.4) is 0 Å². The summed E-state index contributed by atoms with van der Waals surface area (Å²) in [5, 5.41) is 2.83. The van der Waals surface area contributed by atoms with Crippen molar-refractivity contribution in [3.05, 3.63) is 66.6 Å². The Morgan fingerprint density at radius 3 is 2.59 bits per heavy atom. The highest BCUT2D eigenvalue weighted by atomic mass is 16.6. The van der Waals surface area contributed by atoms with E-state index in [1.165, 1.54) is 6.33 Å². The van der Waals surface area contributed by atoms with Gasteiger partial charge in [-0.2, -0.15) is 0 Å². The van der Waals surface area contributed by atoms with Gasteiger partial charge >= 0.3 is 0 Å². The van der Waals surface area contributed by atoms with Gasteiger partial charge in [0.2, 0.25) is 0 Å². The zero-order valence-corrected chi connectivity index (χ0v) is 14.8. The molecule has 3 aromatic rings. The topological polar surface area (TPSA) is 76.6 Å². The molecule has 0 unspecified atom stereocenters. The molecule has 27 heavy (non-hydrogen) atoms. The fourth-order valence-corrected chi connectivity index (χ4v) is 2.75. The third-order valence-electron chi connectivity index (χ3n) is 4.17. The van der Waals surface area contributed by atoms with Crippen LogP contribution in [0.15, 0.2) is 60.9 Å². The van der Waals surface area contributed by atoms with Crippen LogP contribution < -0.4 is 19.7 Å². The third kappa shape index (κ3) is 3.67. The lowest BCUT2D eigenvalue weighted by Crippen LogP contribution is -2.18. The number of carbonyl (C=O) groups excluding carboxylic acids is 1. The van der Waals surface area contributed by atoms with E-state index in [2.05, 4.69) is 15.3 Å². The Bertz CT molecular complexity index is 962. The Kier molecular flexibility index (Phi) is 4.57. The number of benzene rings is 2. The molecule has 136 valence electrons. The molecule has 7 heteroatoms. The van der Waals surface area contributed by atoms with Gasteiger partial charge in [-0.15, -0.1) is 0 Å². The number of nitrogens with one attached hydrogen (secondary N) is 1. The average Bonchev–Trinajstić information content (AvgIpc) is 2.74. The lowest BCUT2D eigenvalue weighted by atomic mass is 10.2. The highest BCUT2D eigenvalue weighted by Gasteiger charge is 2.15. The Morgan fingerprint density at radius 1 is 1.00 bits per heavy atom. The Hall–Kier alpha value is -3.61. The summed E-state index contributed by atoms with van der Waals surface area (Å²) in [5.41, 5.74) is 1.85. The van der Waals surface area contributed by atoms with Crippen LogP contribution in [0.1, 0.15) is 10.5 Å². The molecule has 0 fully saturated rings. The van der Waals surface area contributed by atoms with E-state index in [0.29, 0.717) is 36.2 Å². The van der Waals surface area contributed by atoms with Crippen molar-refractivity contribution in [2.24, 2.45) is 0 Å². The molecule has 2 aromatic carbocycles. The predicted molar refractivity (Wildman–Crippen MR) is 102 cm³/mol. The molecule has 7 nitrogen and oxygen atoms in total. The summed E-state index contributed by atoms with van der Waals surface area (Å²) in [6.07, 6.45) is 1.38. The molecule has 2 heterocycles. The van der Waals surface area contributed by atoms with E-state index in [1.807, 2.05) is 42.3 Å². The largest absolute Gasteiger partial charge is 0.486 e. The number of nitrogens with zero attached hydrogens (tertiary/aromatic N) is 3. The van der Waals surface area contributed by atoms with Crippen molar-refractivity contribution in [1.29, 1.82) is 0 Å². The number of aromatic nitrogens is 2.